The summed E-state index contributed by atoms with van der Waals surface area (Å²) in [7, 11) is 1.38. The lowest BCUT2D eigenvalue weighted by Crippen LogP contribution is -2.30. The van der Waals surface area contributed by atoms with Gasteiger partial charge < -0.3 is 14.8 Å². The van der Waals surface area contributed by atoms with Crippen LogP contribution in [0, 0.1) is 10.1 Å². The van der Waals surface area contributed by atoms with E-state index < -0.39 is 22.9 Å². The molecule has 1 amide bonds. The van der Waals surface area contributed by atoms with Gasteiger partial charge in [-0.1, -0.05) is 32.9 Å². The van der Waals surface area contributed by atoms with Gasteiger partial charge in [0.15, 0.2) is 6.10 Å². The maximum Gasteiger partial charge on any atom is 0.338 e. The van der Waals surface area contributed by atoms with E-state index in [4.69, 9.17) is 9.47 Å². The Labute approximate surface area is 169 Å². The highest BCUT2D eigenvalue weighted by molar-refractivity contribution is 5.98. The lowest BCUT2D eigenvalue weighted by molar-refractivity contribution is -0.384. The molecule has 0 aliphatic carbocycles. The molecule has 0 heterocycles. The highest BCUT2D eigenvalue weighted by Gasteiger charge is 2.22. The Morgan fingerprint density at radius 1 is 1.10 bits per heavy atom. The number of carbonyl (C=O) groups is 2. The van der Waals surface area contributed by atoms with E-state index >= 15 is 0 Å². The summed E-state index contributed by atoms with van der Waals surface area (Å²) < 4.78 is 10.3. The molecule has 1 N–H and O–H groups in total. The SMILES string of the molecule is COc1ccc([N+](=O)[O-])cc1NC(=O)[C@@H](C)OC(=O)c1ccc(C(C)(C)C)cc1. The average molecular weight is 400 g/mol. The van der Waals surface area contributed by atoms with Crippen molar-refractivity contribution in [2.75, 3.05) is 12.4 Å². The zero-order valence-electron chi connectivity index (χ0n) is 17.0. The first-order valence-corrected chi connectivity index (χ1v) is 8.97. The third-order valence-electron chi connectivity index (χ3n) is 4.29. The summed E-state index contributed by atoms with van der Waals surface area (Å²) in [6.45, 7) is 7.61. The Morgan fingerprint density at radius 3 is 2.24 bits per heavy atom. The molecule has 2 rings (SSSR count). The number of nitrogens with zero attached hydrogens (tertiary/aromatic N) is 1. The van der Waals surface area contributed by atoms with Crippen molar-refractivity contribution in [1.82, 2.24) is 0 Å². The number of carbonyl (C=O) groups excluding carboxylic acids is 2. The Balaban J connectivity index is 2.08. The number of non-ortho nitro benzene ring substituents is 1. The first-order chi connectivity index (χ1) is 13.5. The Kier molecular flexibility index (Phi) is 6.58. The summed E-state index contributed by atoms with van der Waals surface area (Å²) in [5.41, 5.74) is 1.25. The van der Waals surface area contributed by atoms with Crippen LogP contribution in [-0.2, 0) is 14.9 Å². The number of rotatable bonds is 6. The number of ether oxygens (including phenoxy) is 2. The summed E-state index contributed by atoms with van der Waals surface area (Å²) in [6, 6.07) is 10.8. The number of nitro benzene ring substituents is 1. The number of nitro groups is 1. The molecule has 0 aliphatic heterocycles. The number of hydrogen-bond donors (Lipinski definition) is 1. The first kappa shape index (κ1) is 21.9. The van der Waals surface area contributed by atoms with Crippen molar-refractivity contribution in [3.05, 3.63) is 63.7 Å². The highest BCUT2D eigenvalue weighted by atomic mass is 16.6. The Hall–Kier alpha value is -3.42. The number of anilines is 1. The van der Waals surface area contributed by atoms with Crippen LogP contribution in [0.4, 0.5) is 11.4 Å². The fourth-order valence-corrected chi connectivity index (χ4v) is 2.53. The van der Waals surface area contributed by atoms with E-state index in [-0.39, 0.29) is 22.5 Å². The lowest BCUT2D eigenvalue weighted by Gasteiger charge is -2.19. The topological polar surface area (TPSA) is 108 Å². The van der Waals surface area contributed by atoms with E-state index in [0.717, 1.165) is 5.56 Å². The van der Waals surface area contributed by atoms with E-state index in [9.17, 15) is 19.7 Å². The third-order valence-corrected chi connectivity index (χ3v) is 4.29. The van der Waals surface area contributed by atoms with Gasteiger partial charge >= 0.3 is 5.97 Å². The Bertz CT molecular complexity index is 916. The number of hydrogen-bond acceptors (Lipinski definition) is 6. The molecule has 8 heteroatoms. The van der Waals surface area contributed by atoms with Crippen molar-refractivity contribution in [2.45, 2.75) is 39.2 Å². The minimum Gasteiger partial charge on any atom is -0.495 e. The van der Waals surface area contributed by atoms with Crippen LogP contribution in [0.25, 0.3) is 0 Å². The molecular weight excluding hydrogens is 376 g/mol. The molecule has 0 saturated heterocycles. The molecule has 29 heavy (non-hydrogen) atoms. The lowest BCUT2D eigenvalue weighted by atomic mass is 9.87. The van der Waals surface area contributed by atoms with Gasteiger partial charge in [-0.15, -0.1) is 0 Å². The predicted octanol–water partition coefficient (Wildman–Crippen LogP) is 4.08. The fourth-order valence-electron chi connectivity index (χ4n) is 2.53. The van der Waals surface area contributed by atoms with Gasteiger partial charge in [0, 0.05) is 12.1 Å². The minimum atomic E-state index is -1.12. The molecule has 0 fully saturated rings. The van der Waals surface area contributed by atoms with E-state index in [1.54, 1.807) is 12.1 Å². The zero-order valence-corrected chi connectivity index (χ0v) is 17.0. The second-order valence-electron chi connectivity index (χ2n) is 7.51. The van der Waals surface area contributed by atoms with Gasteiger partial charge in [-0.2, -0.15) is 0 Å². The van der Waals surface area contributed by atoms with Crippen molar-refractivity contribution >= 4 is 23.3 Å². The van der Waals surface area contributed by atoms with Crippen LogP contribution in [-0.4, -0.2) is 30.0 Å². The fraction of sp³-hybridized carbons (Fsp3) is 0.333. The average Bonchev–Trinajstić information content (AvgIpc) is 2.67. The molecule has 0 radical (unpaired) electrons. The van der Waals surface area contributed by atoms with Crippen molar-refractivity contribution in [1.29, 1.82) is 0 Å². The summed E-state index contributed by atoms with van der Waals surface area (Å²) in [5.74, 6) is -1.03. The third kappa shape index (κ3) is 5.54. The van der Waals surface area contributed by atoms with Crippen molar-refractivity contribution in [3.63, 3.8) is 0 Å². The number of amides is 1. The largest absolute Gasteiger partial charge is 0.495 e. The molecule has 0 spiro atoms. The zero-order chi connectivity index (χ0) is 21.8. The smallest absolute Gasteiger partial charge is 0.338 e. The standard InChI is InChI=1S/C21H24N2O6/c1-13(29-20(25)14-6-8-15(9-7-14)21(2,3)4)19(24)22-17-12-16(23(26)27)10-11-18(17)28-5/h6-13H,1-5H3,(H,22,24)/t13-/m1/s1. The van der Waals surface area contributed by atoms with Crippen molar-refractivity contribution in [2.24, 2.45) is 0 Å². The van der Waals surface area contributed by atoms with Crippen LogP contribution in [0.5, 0.6) is 5.75 Å². The summed E-state index contributed by atoms with van der Waals surface area (Å²) in [6.07, 6.45) is -1.12. The van der Waals surface area contributed by atoms with Crippen molar-refractivity contribution < 1.29 is 24.0 Å². The molecule has 0 saturated carbocycles. The monoisotopic (exact) mass is 400 g/mol. The Morgan fingerprint density at radius 2 is 1.72 bits per heavy atom. The van der Waals surface area contributed by atoms with Gasteiger partial charge in [0.25, 0.3) is 11.6 Å². The predicted molar refractivity (Wildman–Crippen MR) is 108 cm³/mol. The van der Waals surface area contributed by atoms with E-state index in [0.29, 0.717) is 5.56 Å². The summed E-state index contributed by atoms with van der Waals surface area (Å²) in [5, 5.41) is 13.4. The molecule has 0 bridgehead atoms. The molecule has 154 valence electrons. The molecule has 1 atom stereocenters. The summed E-state index contributed by atoms with van der Waals surface area (Å²) in [4.78, 5) is 35.1. The highest BCUT2D eigenvalue weighted by Crippen LogP contribution is 2.29. The van der Waals surface area contributed by atoms with Crippen molar-refractivity contribution in [3.8, 4) is 5.75 Å². The van der Waals surface area contributed by atoms with E-state index in [1.807, 2.05) is 12.1 Å². The molecular formula is C21H24N2O6. The van der Waals surface area contributed by atoms with Crippen LogP contribution in [0.3, 0.4) is 0 Å². The molecule has 8 nitrogen and oxygen atoms in total. The van der Waals surface area contributed by atoms with Crippen LogP contribution < -0.4 is 10.1 Å². The van der Waals surface area contributed by atoms with Gasteiger partial charge in [-0.3, -0.25) is 14.9 Å². The number of methoxy groups -OCH3 is 1. The van der Waals surface area contributed by atoms with Crippen LogP contribution in [0.15, 0.2) is 42.5 Å². The van der Waals surface area contributed by atoms with E-state index in [1.165, 1.54) is 32.2 Å². The van der Waals surface area contributed by atoms with Gasteiger partial charge in [-0.05, 0) is 36.1 Å². The molecule has 0 aromatic heterocycles. The van der Waals surface area contributed by atoms with Gasteiger partial charge in [0.2, 0.25) is 0 Å². The van der Waals surface area contributed by atoms with Crippen LogP contribution in [0.2, 0.25) is 0 Å². The molecule has 0 unspecified atom stereocenters. The van der Waals surface area contributed by atoms with Gasteiger partial charge in [0.05, 0.1) is 23.3 Å². The first-order valence-electron chi connectivity index (χ1n) is 8.97. The maximum atomic E-state index is 12.4. The van der Waals surface area contributed by atoms with Crippen LogP contribution >= 0.6 is 0 Å². The second-order valence-corrected chi connectivity index (χ2v) is 7.51. The molecule has 2 aromatic carbocycles. The normalized spacial score (nSPS) is 12.0. The molecule has 0 aliphatic rings. The van der Waals surface area contributed by atoms with Crippen LogP contribution in [0.1, 0.15) is 43.6 Å². The molecule has 2 aromatic rings. The number of nitrogens with one attached hydrogen (secondary N) is 1. The van der Waals surface area contributed by atoms with E-state index in [2.05, 4.69) is 26.1 Å². The van der Waals surface area contributed by atoms with Gasteiger partial charge in [-0.25, -0.2) is 4.79 Å². The number of esters is 1. The maximum absolute atomic E-state index is 12.4. The number of benzene rings is 2. The minimum absolute atomic E-state index is 0.0486. The quantitative estimate of drug-likeness (QED) is 0.445. The second kappa shape index (κ2) is 8.72. The summed E-state index contributed by atoms with van der Waals surface area (Å²) >= 11 is 0. The van der Waals surface area contributed by atoms with Gasteiger partial charge in [0.1, 0.15) is 5.75 Å².